The molecule has 2 aromatic rings. The van der Waals surface area contributed by atoms with Crippen molar-refractivity contribution < 1.29 is 4.39 Å². The van der Waals surface area contributed by atoms with Crippen LogP contribution in [0.3, 0.4) is 0 Å². The van der Waals surface area contributed by atoms with Crippen molar-refractivity contribution in [1.29, 1.82) is 0 Å². The van der Waals surface area contributed by atoms with E-state index in [2.05, 4.69) is 4.98 Å². The van der Waals surface area contributed by atoms with Crippen molar-refractivity contribution >= 4 is 17.2 Å². The fraction of sp³-hybridized carbons (Fsp3) is 0.286. The summed E-state index contributed by atoms with van der Waals surface area (Å²) in [6, 6.07) is 4.70. The molecule has 0 bridgehead atoms. The molecule has 0 unspecified atom stereocenters. The fourth-order valence-corrected chi connectivity index (χ4v) is 2.11. The molecule has 106 valence electrons. The van der Waals surface area contributed by atoms with Crippen LogP contribution in [0.25, 0.3) is 0 Å². The third-order valence-electron chi connectivity index (χ3n) is 3.10. The van der Waals surface area contributed by atoms with E-state index in [1.165, 1.54) is 6.07 Å². The number of benzene rings is 1. The molecule has 6 heteroatoms. The minimum Gasteiger partial charge on any atom is -0.389 e. The highest BCUT2D eigenvalue weighted by Gasteiger charge is 2.10. The molecule has 0 fully saturated rings. The van der Waals surface area contributed by atoms with Crippen LogP contribution in [0.5, 0.6) is 0 Å². The number of aromatic nitrogens is 2. The maximum Gasteiger partial charge on any atom is 0.127 e. The monoisotopic (exact) mass is 292 g/mol. The van der Waals surface area contributed by atoms with Crippen molar-refractivity contribution in [1.82, 2.24) is 14.5 Å². The molecule has 2 N–H and O–H groups in total. The van der Waals surface area contributed by atoms with Crippen LogP contribution in [-0.2, 0) is 20.1 Å². The van der Waals surface area contributed by atoms with Crippen LogP contribution in [0.15, 0.2) is 30.6 Å². The first-order valence-corrected chi connectivity index (χ1v) is 6.61. The number of hydrogen-bond donors (Lipinski definition) is 1. The quantitative estimate of drug-likeness (QED) is 0.854. The number of rotatable bonds is 5. The van der Waals surface area contributed by atoms with Crippen LogP contribution in [0.1, 0.15) is 17.0 Å². The Bertz CT molecular complexity index is 623. The van der Waals surface area contributed by atoms with Gasteiger partial charge in [-0.15, -0.1) is 0 Å². The predicted octanol–water partition coefficient (Wildman–Crippen LogP) is 1.83. The van der Waals surface area contributed by atoms with Gasteiger partial charge in [-0.1, -0.05) is 12.2 Å². The highest BCUT2D eigenvalue weighted by atomic mass is 32.1. The van der Waals surface area contributed by atoms with Crippen LogP contribution < -0.4 is 5.73 Å². The van der Waals surface area contributed by atoms with Crippen molar-refractivity contribution in [3.8, 4) is 0 Å². The summed E-state index contributed by atoms with van der Waals surface area (Å²) in [5.74, 6) is 0.676. The van der Waals surface area contributed by atoms with Gasteiger partial charge in [0.2, 0.25) is 0 Å². The Morgan fingerprint density at radius 2 is 2.20 bits per heavy atom. The molecule has 20 heavy (non-hydrogen) atoms. The molecule has 0 saturated carbocycles. The number of hydrogen-bond acceptors (Lipinski definition) is 3. The number of aryl methyl sites for hydroxylation is 1. The summed E-state index contributed by atoms with van der Waals surface area (Å²) in [7, 11) is 3.85. The lowest BCUT2D eigenvalue weighted by Crippen LogP contribution is -2.20. The van der Waals surface area contributed by atoms with Gasteiger partial charge in [0, 0.05) is 37.1 Å². The molecule has 0 atom stereocenters. The minimum atomic E-state index is -0.253. The Kier molecular flexibility index (Phi) is 4.46. The van der Waals surface area contributed by atoms with E-state index >= 15 is 0 Å². The standard InChI is InChI=1S/C14H17FN4S/c1-18(9-13-17-5-6-19(13)2)8-11-7-10(14(16)20)3-4-12(11)15/h3-7H,8-9H2,1-2H3,(H2,16,20). The smallest absolute Gasteiger partial charge is 0.127 e. The lowest BCUT2D eigenvalue weighted by molar-refractivity contribution is 0.302. The van der Waals surface area contributed by atoms with Gasteiger partial charge >= 0.3 is 0 Å². The molecule has 0 radical (unpaired) electrons. The van der Waals surface area contributed by atoms with Crippen molar-refractivity contribution in [3.63, 3.8) is 0 Å². The topological polar surface area (TPSA) is 47.1 Å². The van der Waals surface area contributed by atoms with Crippen molar-refractivity contribution in [3.05, 3.63) is 53.4 Å². The maximum absolute atomic E-state index is 13.8. The number of halogens is 1. The molecule has 2 rings (SSSR count). The minimum absolute atomic E-state index is 0.253. The van der Waals surface area contributed by atoms with Gasteiger partial charge in [0.25, 0.3) is 0 Å². The van der Waals surface area contributed by atoms with E-state index in [-0.39, 0.29) is 10.8 Å². The van der Waals surface area contributed by atoms with Crippen LogP contribution in [-0.4, -0.2) is 26.5 Å². The van der Waals surface area contributed by atoms with Crippen LogP contribution in [0.2, 0.25) is 0 Å². The molecule has 0 amide bonds. The number of thiocarbonyl (C=S) groups is 1. The van der Waals surface area contributed by atoms with Crippen LogP contribution in [0, 0.1) is 5.82 Å². The van der Waals surface area contributed by atoms with Crippen molar-refractivity contribution in [2.45, 2.75) is 13.1 Å². The first-order chi connectivity index (χ1) is 9.47. The normalized spacial score (nSPS) is 11.0. The number of nitrogens with zero attached hydrogens (tertiary/aromatic N) is 3. The summed E-state index contributed by atoms with van der Waals surface area (Å²) >= 11 is 4.92. The summed E-state index contributed by atoms with van der Waals surface area (Å²) in [5, 5.41) is 0. The van der Waals surface area contributed by atoms with Gasteiger partial charge in [-0.25, -0.2) is 9.37 Å². The zero-order valence-electron chi connectivity index (χ0n) is 11.5. The SMILES string of the molecule is CN(Cc1cc(C(N)=S)ccc1F)Cc1nccn1C. The van der Waals surface area contributed by atoms with E-state index in [4.69, 9.17) is 18.0 Å². The molecule has 4 nitrogen and oxygen atoms in total. The van der Waals surface area contributed by atoms with E-state index in [0.29, 0.717) is 24.2 Å². The fourth-order valence-electron chi connectivity index (χ4n) is 1.99. The Morgan fingerprint density at radius 3 is 2.80 bits per heavy atom. The third-order valence-corrected chi connectivity index (χ3v) is 3.34. The molecular formula is C14H17FN4S. The Balaban J connectivity index is 2.11. The molecule has 1 heterocycles. The highest BCUT2D eigenvalue weighted by Crippen LogP contribution is 2.14. The zero-order chi connectivity index (χ0) is 14.7. The summed E-state index contributed by atoms with van der Waals surface area (Å²) < 4.78 is 15.8. The van der Waals surface area contributed by atoms with E-state index < -0.39 is 0 Å². The number of nitrogens with two attached hydrogens (primary N) is 1. The van der Waals surface area contributed by atoms with Gasteiger partial charge in [-0.05, 0) is 25.2 Å². The van der Waals surface area contributed by atoms with Gasteiger partial charge in [0.05, 0.1) is 6.54 Å². The Labute approximate surface area is 123 Å². The zero-order valence-corrected chi connectivity index (χ0v) is 12.3. The third kappa shape index (κ3) is 3.40. The van der Waals surface area contributed by atoms with Gasteiger partial charge in [0.15, 0.2) is 0 Å². The molecule has 1 aromatic heterocycles. The molecule has 0 aliphatic heterocycles. The predicted molar refractivity (Wildman–Crippen MR) is 80.7 cm³/mol. The van der Waals surface area contributed by atoms with E-state index in [1.54, 1.807) is 18.3 Å². The van der Waals surface area contributed by atoms with Gasteiger partial charge in [-0.2, -0.15) is 0 Å². The molecule has 1 aromatic carbocycles. The second-order valence-electron chi connectivity index (χ2n) is 4.80. The second kappa shape index (κ2) is 6.11. The van der Waals surface area contributed by atoms with Gasteiger partial charge in [-0.3, -0.25) is 4.90 Å². The molecule has 0 aliphatic carbocycles. The molecule has 0 spiro atoms. The first-order valence-electron chi connectivity index (χ1n) is 6.20. The highest BCUT2D eigenvalue weighted by molar-refractivity contribution is 7.80. The summed E-state index contributed by atoms with van der Waals surface area (Å²) in [4.78, 5) is 6.52. The molecule has 0 saturated heterocycles. The van der Waals surface area contributed by atoms with Crippen molar-refractivity contribution in [2.24, 2.45) is 12.8 Å². The van der Waals surface area contributed by atoms with Gasteiger partial charge < -0.3 is 10.3 Å². The Hall–Kier alpha value is -1.79. The van der Waals surface area contributed by atoms with Crippen molar-refractivity contribution in [2.75, 3.05) is 7.05 Å². The number of imidazole rings is 1. The maximum atomic E-state index is 13.8. The summed E-state index contributed by atoms with van der Waals surface area (Å²) in [6.07, 6.45) is 3.63. The average Bonchev–Trinajstić information content (AvgIpc) is 2.77. The van der Waals surface area contributed by atoms with E-state index in [1.807, 2.05) is 29.8 Å². The molecule has 0 aliphatic rings. The van der Waals surface area contributed by atoms with Crippen LogP contribution in [0.4, 0.5) is 4.39 Å². The lowest BCUT2D eigenvalue weighted by Gasteiger charge is -2.17. The van der Waals surface area contributed by atoms with Gasteiger partial charge in [0.1, 0.15) is 16.6 Å². The first kappa shape index (κ1) is 14.6. The largest absolute Gasteiger partial charge is 0.389 e. The summed E-state index contributed by atoms with van der Waals surface area (Å²) in [6.45, 7) is 1.11. The lowest BCUT2D eigenvalue weighted by atomic mass is 10.1. The van der Waals surface area contributed by atoms with E-state index in [0.717, 1.165) is 5.82 Å². The second-order valence-corrected chi connectivity index (χ2v) is 5.24. The molecular weight excluding hydrogens is 275 g/mol. The summed E-state index contributed by atoms with van der Waals surface area (Å²) in [5.41, 5.74) is 6.83. The van der Waals surface area contributed by atoms with E-state index in [9.17, 15) is 4.39 Å². The van der Waals surface area contributed by atoms with Crippen LogP contribution >= 0.6 is 12.2 Å². The Morgan fingerprint density at radius 1 is 1.45 bits per heavy atom. The average molecular weight is 292 g/mol.